The summed E-state index contributed by atoms with van der Waals surface area (Å²) in [6.45, 7) is 4.99. The van der Waals surface area contributed by atoms with Gasteiger partial charge in [-0.2, -0.15) is 0 Å². The number of carbonyl (C=O) groups is 2. The first-order valence-electron chi connectivity index (χ1n) is 12.4. The number of hydrogen-bond acceptors (Lipinski definition) is 4. The van der Waals surface area contributed by atoms with Crippen molar-refractivity contribution >= 4 is 73.9 Å². The topological polar surface area (TPSA) is 86.8 Å². The minimum absolute atomic E-state index is 0.0238. The zero-order valence-electron chi connectivity index (χ0n) is 22.1. The number of amides is 2. The Balaban J connectivity index is 2.08. The highest BCUT2D eigenvalue weighted by atomic mass is 35.5. The van der Waals surface area contributed by atoms with E-state index in [0.717, 1.165) is 9.87 Å². The van der Waals surface area contributed by atoms with E-state index in [1.165, 1.54) is 41.3 Å². The van der Waals surface area contributed by atoms with Gasteiger partial charge in [-0.25, -0.2) is 8.42 Å². The molecule has 0 radical (unpaired) electrons. The number of nitrogens with one attached hydrogen (secondary N) is 1. The molecule has 1 atom stereocenters. The standard InChI is InChI=1S/C28H29Cl4N3O4S/c1-4-13-33-28(37)19(3)34(16-20-7-8-21(29)14-25(20)32)27(36)17-35(26-15-22(30)9-12-24(26)31)40(38,39)23-10-5-18(2)6-11-23/h5-12,14-15,19H,4,13,16-17H2,1-3H3,(H,33,37). The monoisotopic (exact) mass is 643 g/mol. The van der Waals surface area contributed by atoms with Crippen LogP contribution in [0, 0.1) is 6.92 Å². The van der Waals surface area contributed by atoms with E-state index in [9.17, 15) is 18.0 Å². The van der Waals surface area contributed by atoms with E-state index in [0.29, 0.717) is 28.6 Å². The highest BCUT2D eigenvalue weighted by Crippen LogP contribution is 2.33. The minimum Gasteiger partial charge on any atom is -0.354 e. The van der Waals surface area contributed by atoms with E-state index < -0.39 is 34.4 Å². The molecule has 3 aromatic carbocycles. The van der Waals surface area contributed by atoms with Crippen molar-refractivity contribution in [2.45, 2.75) is 44.7 Å². The molecule has 0 saturated heterocycles. The van der Waals surface area contributed by atoms with E-state index in [4.69, 9.17) is 46.4 Å². The number of rotatable bonds is 11. The van der Waals surface area contributed by atoms with Crippen molar-refractivity contribution in [3.05, 3.63) is 91.9 Å². The second-order valence-electron chi connectivity index (χ2n) is 9.14. The van der Waals surface area contributed by atoms with Crippen molar-refractivity contribution in [2.24, 2.45) is 0 Å². The largest absolute Gasteiger partial charge is 0.354 e. The van der Waals surface area contributed by atoms with Crippen LogP contribution in [0.4, 0.5) is 5.69 Å². The van der Waals surface area contributed by atoms with Crippen molar-refractivity contribution in [3.63, 3.8) is 0 Å². The molecule has 0 aliphatic rings. The molecule has 0 heterocycles. The fourth-order valence-corrected chi connectivity index (χ4v) is 6.17. The molecule has 3 aromatic rings. The van der Waals surface area contributed by atoms with Gasteiger partial charge in [-0.15, -0.1) is 0 Å². The number of nitrogens with zero attached hydrogens (tertiary/aromatic N) is 2. The van der Waals surface area contributed by atoms with Crippen LogP contribution in [-0.4, -0.2) is 44.3 Å². The van der Waals surface area contributed by atoms with E-state index in [1.807, 2.05) is 13.8 Å². The van der Waals surface area contributed by atoms with E-state index in [2.05, 4.69) is 5.32 Å². The molecule has 3 rings (SSSR count). The summed E-state index contributed by atoms with van der Waals surface area (Å²) < 4.78 is 28.7. The van der Waals surface area contributed by atoms with Crippen LogP contribution in [0.1, 0.15) is 31.4 Å². The summed E-state index contributed by atoms with van der Waals surface area (Å²) in [6, 6.07) is 14.4. The lowest BCUT2D eigenvalue weighted by Gasteiger charge is -2.32. The second kappa shape index (κ2) is 13.9. The van der Waals surface area contributed by atoms with E-state index in [-0.39, 0.29) is 27.2 Å². The third kappa shape index (κ3) is 7.83. The summed E-state index contributed by atoms with van der Waals surface area (Å²) in [5.41, 5.74) is 1.42. The molecule has 12 heteroatoms. The predicted molar refractivity (Wildman–Crippen MR) is 162 cm³/mol. The number of aryl methyl sites for hydroxylation is 1. The van der Waals surface area contributed by atoms with Crippen LogP contribution in [0.2, 0.25) is 20.1 Å². The maximum Gasteiger partial charge on any atom is 0.264 e. The third-order valence-electron chi connectivity index (χ3n) is 6.14. The molecule has 0 aliphatic heterocycles. The smallest absolute Gasteiger partial charge is 0.264 e. The summed E-state index contributed by atoms with van der Waals surface area (Å²) in [5, 5.41) is 3.80. The van der Waals surface area contributed by atoms with Gasteiger partial charge in [0, 0.05) is 28.2 Å². The summed E-state index contributed by atoms with van der Waals surface area (Å²) in [5.74, 6) is -1.05. The van der Waals surface area contributed by atoms with Gasteiger partial charge < -0.3 is 10.2 Å². The van der Waals surface area contributed by atoms with Crippen molar-refractivity contribution < 1.29 is 18.0 Å². The number of hydrogen-bond donors (Lipinski definition) is 1. The molecule has 0 saturated carbocycles. The van der Waals surface area contributed by atoms with Gasteiger partial charge in [-0.1, -0.05) is 77.1 Å². The Hall–Kier alpha value is -2.49. The van der Waals surface area contributed by atoms with Crippen LogP contribution in [0.5, 0.6) is 0 Å². The van der Waals surface area contributed by atoms with E-state index in [1.54, 1.807) is 31.2 Å². The molecule has 214 valence electrons. The number of anilines is 1. The molecular weight excluding hydrogens is 616 g/mol. The summed E-state index contributed by atoms with van der Waals surface area (Å²) in [6.07, 6.45) is 0.700. The molecule has 1 unspecified atom stereocenters. The molecule has 0 spiro atoms. The summed E-state index contributed by atoms with van der Waals surface area (Å²) in [4.78, 5) is 28.1. The Morgan fingerprint density at radius 1 is 0.900 bits per heavy atom. The van der Waals surface area contributed by atoms with Gasteiger partial charge in [0.25, 0.3) is 10.0 Å². The Morgan fingerprint density at radius 2 is 1.52 bits per heavy atom. The maximum absolute atomic E-state index is 14.0. The predicted octanol–water partition coefficient (Wildman–Crippen LogP) is 6.75. The highest BCUT2D eigenvalue weighted by molar-refractivity contribution is 7.92. The Morgan fingerprint density at radius 3 is 2.15 bits per heavy atom. The second-order valence-corrected chi connectivity index (χ2v) is 12.7. The molecule has 0 fully saturated rings. The third-order valence-corrected chi connectivity index (χ3v) is 9.05. The molecule has 40 heavy (non-hydrogen) atoms. The van der Waals surface area contributed by atoms with Crippen molar-refractivity contribution in [1.82, 2.24) is 10.2 Å². The SMILES string of the molecule is CCCNC(=O)C(C)N(Cc1ccc(Cl)cc1Cl)C(=O)CN(c1cc(Cl)ccc1Cl)S(=O)(=O)c1ccc(C)cc1. The van der Waals surface area contributed by atoms with Crippen LogP contribution in [-0.2, 0) is 26.2 Å². The normalized spacial score (nSPS) is 12.1. The quantitative estimate of drug-likeness (QED) is 0.250. The lowest BCUT2D eigenvalue weighted by molar-refractivity contribution is -0.139. The molecule has 0 bridgehead atoms. The van der Waals surface area contributed by atoms with Crippen LogP contribution < -0.4 is 9.62 Å². The first kappa shape index (κ1) is 32.0. The van der Waals surface area contributed by atoms with Crippen molar-refractivity contribution in [1.29, 1.82) is 0 Å². The maximum atomic E-state index is 14.0. The number of benzene rings is 3. The Labute approximate surface area is 255 Å². The zero-order chi connectivity index (χ0) is 29.6. The molecule has 0 aromatic heterocycles. The van der Waals surface area contributed by atoms with Crippen LogP contribution in [0.3, 0.4) is 0 Å². The average molecular weight is 645 g/mol. The molecular formula is C28H29Cl4N3O4S. The number of carbonyl (C=O) groups excluding carboxylic acids is 2. The van der Waals surface area contributed by atoms with Crippen LogP contribution in [0.15, 0.2) is 65.6 Å². The Bertz CT molecular complexity index is 1480. The zero-order valence-corrected chi connectivity index (χ0v) is 26.0. The van der Waals surface area contributed by atoms with Gasteiger partial charge in [0.2, 0.25) is 11.8 Å². The van der Waals surface area contributed by atoms with Gasteiger partial charge in [-0.3, -0.25) is 13.9 Å². The number of sulfonamides is 1. The van der Waals surface area contributed by atoms with Gasteiger partial charge in [0.05, 0.1) is 15.6 Å². The van der Waals surface area contributed by atoms with Gasteiger partial charge >= 0.3 is 0 Å². The van der Waals surface area contributed by atoms with E-state index >= 15 is 0 Å². The Kier molecular flexibility index (Phi) is 11.1. The minimum atomic E-state index is -4.29. The molecule has 2 amide bonds. The van der Waals surface area contributed by atoms with Crippen molar-refractivity contribution in [2.75, 3.05) is 17.4 Å². The fourth-order valence-electron chi connectivity index (χ4n) is 3.84. The summed E-state index contributed by atoms with van der Waals surface area (Å²) >= 11 is 25.1. The van der Waals surface area contributed by atoms with Crippen LogP contribution >= 0.6 is 46.4 Å². The van der Waals surface area contributed by atoms with Crippen LogP contribution in [0.25, 0.3) is 0 Å². The molecule has 0 aliphatic carbocycles. The highest BCUT2D eigenvalue weighted by Gasteiger charge is 2.33. The molecule has 7 nitrogen and oxygen atoms in total. The van der Waals surface area contributed by atoms with Crippen molar-refractivity contribution in [3.8, 4) is 0 Å². The summed E-state index contributed by atoms with van der Waals surface area (Å²) in [7, 11) is -4.29. The van der Waals surface area contributed by atoms with Gasteiger partial charge in [-0.05, 0) is 68.3 Å². The first-order chi connectivity index (χ1) is 18.8. The average Bonchev–Trinajstić information content (AvgIpc) is 2.91. The first-order valence-corrected chi connectivity index (χ1v) is 15.4. The number of halogens is 4. The van der Waals surface area contributed by atoms with Gasteiger partial charge in [0.15, 0.2) is 0 Å². The lowest BCUT2D eigenvalue weighted by atomic mass is 10.1. The lowest BCUT2D eigenvalue weighted by Crippen LogP contribution is -2.51. The molecule has 1 N–H and O–H groups in total. The van der Waals surface area contributed by atoms with Gasteiger partial charge in [0.1, 0.15) is 12.6 Å². The fraction of sp³-hybridized carbons (Fsp3) is 0.286.